The number of amides is 2. The van der Waals surface area contributed by atoms with Crippen molar-refractivity contribution in [3.8, 4) is 0 Å². The minimum Gasteiger partial charge on any atom is -0.368 e. The number of imidazole rings is 1. The Labute approximate surface area is 142 Å². The lowest BCUT2D eigenvalue weighted by atomic mass is 9.83. The molecule has 2 fully saturated rings. The highest BCUT2D eigenvalue weighted by molar-refractivity contribution is 5.86. The summed E-state index contributed by atoms with van der Waals surface area (Å²) in [5.41, 5.74) is 5.22. The molecule has 0 unspecified atom stereocenters. The lowest BCUT2D eigenvalue weighted by Gasteiger charge is -2.48. The lowest BCUT2D eigenvalue weighted by molar-refractivity contribution is -0.143. The molecule has 2 aliphatic rings. The van der Waals surface area contributed by atoms with E-state index in [2.05, 4.69) is 9.88 Å². The van der Waals surface area contributed by atoms with Gasteiger partial charge in [0.1, 0.15) is 11.6 Å². The predicted octanol–water partition coefficient (Wildman–Crippen LogP) is 0.777. The summed E-state index contributed by atoms with van der Waals surface area (Å²) in [6.45, 7) is 4.91. The van der Waals surface area contributed by atoms with Crippen molar-refractivity contribution in [1.29, 1.82) is 0 Å². The first-order valence-corrected chi connectivity index (χ1v) is 8.86. The first kappa shape index (κ1) is 17.0. The Morgan fingerprint density at radius 1 is 1.12 bits per heavy atom. The van der Waals surface area contributed by atoms with Gasteiger partial charge in [-0.2, -0.15) is 0 Å². The number of hydrogen-bond acceptors (Lipinski definition) is 4. The molecule has 0 saturated carbocycles. The van der Waals surface area contributed by atoms with Crippen molar-refractivity contribution >= 4 is 11.8 Å². The zero-order chi connectivity index (χ0) is 17.2. The van der Waals surface area contributed by atoms with Crippen LogP contribution < -0.4 is 5.73 Å². The fourth-order valence-electron chi connectivity index (χ4n) is 4.03. The smallest absolute Gasteiger partial charge is 0.245 e. The second kappa shape index (κ2) is 6.93. The third-order valence-corrected chi connectivity index (χ3v) is 5.65. The van der Waals surface area contributed by atoms with Crippen LogP contribution in [0, 0.1) is 0 Å². The highest BCUT2D eigenvalue weighted by atomic mass is 16.2. The van der Waals surface area contributed by atoms with Crippen LogP contribution >= 0.6 is 0 Å². The van der Waals surface area contributed by atoms with Crippen LogP contribution in [-0.4, -0.2) is 62.9 Å². The molecule has 0 bridgehead atoms. The van der Waals surface area contributed by atoms with E-state index in [0.717, 1.165) is 25.9 Å². The molecule has 2 saturated heterocycles. The number of rotatable bonds is 4. The van der Waals surface area contributed by atoms with E-state index in [1.807, 2.05) is 16.4 Å². The van der Waals surface area contributed by atoms with Gasteiger partial charge in [-0.1, -0.05) is 6.42 Å². The summed E-state index contributed by atoms with van der Waals surface area (Å²) in [7, 11) is 0. The summed E-state index contributed by atoms with van der Waals surface area (Å²) in [4.78, 5) is 33.1. The van der Waals surface area contributed by atoms with E-state index in [-0.39, 0.29) is 17.9 Å². The fraction of sp³-hybridized carbons (Fsp3) is 0.706. The number of piperidine rings is 2. The zero-order valence-electron chi connectivity index (χ0n) is 14.4. The molecule has 0 aliphatic carbocycles. The molecule has 0 aromatic carbocycles. The summed E-state index contributed by atoms with van der Waals surface area (Å²) < 4.78 is 1.81. The maximum Gasteiger partial charge on any atom is 0.245 e. The van der Waals surface area contributed by atoms with Crippen molar-refractivity contribution in [2.75, 3.05) is 26.2 Å². The third-order valence-electron chi connectivity index (χ3n) is 5.65. The molecule has 3 rings (SSSR count). The second-order valence-corrected chi connectivity index (χ2v) is 6.95. The number of likely N-dealkylation sites (tertiary alicyclic amines) is 2. The van der Waals surface area contributed by atoms with E-state index in [0.29, 0.717) is 25.9 Å². The first-order valence-electron chi connectivity index (χ1n) is 8.86. The molecule has 0 radical (unpaired) electrons. The predicted molar refractivity (Wildman–Crippen MR) is 90.1 cm³/mol. The summed E-state index contributed by atoms with van der Waals surface area (Å²) >= 11 is 0. The average molecular weight is 333 g/mol. The van der Waals surface area contributed by atoms with Crippen LogP contribution in [0.1, 0.15) is 45.1 Å². The SMILES string of the molecule is C[C@@H](C(=O)N1CCC(C(N)=O)(N2CCCCC2)CC1)n1ccnc1. The molecule has 3 heterocycles. The van der Waals surface area contributed by atoms with Crippen LogP contribution in [0.2, 0.25) is 0 Å². The molecule has 24 heavy (non-hydrogen) atoms. The molecule has 2 amide bonds. The Kier molecular flexibility index (Phi) is 4.89. The van der Waals surface area contributed by atoms with Gasteiger partial charge >= 0.3 is 0 Å². The molecule has 0 spiro atoms. The van der Waals surface area contributed by atoms with Crippen LogP contribution in [0.15, 0.2) is 18.7 Å². The monoisotopic (exact) mass is 333 g/mol. The molecule has 7 heteroatoms. The first-order chi connectivity index (χ1) is 11.5. The van der Waals surface area contributed by atoms with E-state index in [4.69, 9.17) is 5.73 Å². The molecule has 2 aliphatic heterocycles. The summed E-state index contributed by atoms with van der Waals surface area (Å²) in [5, 5.41) is 0. The van der Waals surface area contributed by atoms with Crippen molar-refractivity contribution < 1.29 is 9.59 Å². The highest BCUT2D eigenvalue weighted by Crippen LogP contribution is 2.32. The van der Waals surface area contributed by atoms with E-state index in [1.54, 1.807) is 18.7 Å². The third kappa shape index (κ3) is 3.05. The summed E-state index contributed by atoms with van der Waals surface area (Å²) in [6.07, 6.45) is 9.86. The Bertz CT molecular complexity index is 572. The number of primary amides is 1. The largest absolute Gasteiger partial charge is 0.368 e. The van der Waals surface area contributed by atoms with E-state index < -0.39 is 5.54 Å². The quantitative estimate of drug-likeness (QED) is 0.882. The van der Waals surface area contributed by atoms with Crippen molar-refractivity contribution in [1.82, 2.24) is 19.4 Å². The van der Waals surface area contributed by atoms with Crippen molar-refractivity contribution in [2.45, 2.75) is 50.6 Å². The molecular weight excluding hydrogens is 306 g/mol. The van der Waals surface area contributed by atoms with Gasteiger partial charge in [0.25, 0.3) is 0 Å². The van der Waals surface area contributed by atoms with Gasteiger partial charge in [0, 0.05) is 25.5 Å². The van der Waals surface area contributed by atoms with Crippen LogP contribution in [0.4, 0.5) is 0 Å². The number of nitrogens with two attached hydrogens (primary N) is 1. The number of hydrogen-bond donors (Lipinski definition) is 1. The minimum atomic E-state index is -0.574. The van der Waals surface area contributed by atoms with E-state index >= 15 is 0 Å². The van der Waals surface area contributed by atoms with Gasteiger partial charge in [-0.3, -0.25) is 14.5 Å². The van der Waals surface area contributed by atoms with Crippen molar-refractivity contribution in [3.63, 3.8) is 0 Å². The van der Waals surface area contributed by atoms with Gasteiger partial charge < -0.3 is 15.2 Å². The van der Waals surface area contributed by atoms with Crippen molar-refractivity contribution in [3.05, 3.63) is 18.7 Å². The Hall–Kier alpha value is -1.89. The fourth-order valence-corrected chi connectivity index (χ4v) is 4.03. The number of carbonyl (C=O) groups excluding carboxylic acids is 2. The molecule has 7 nitrogen and oxygen atoms in total. The standard InChI is InChI=1S/C17H27N5O2/c1-14(21-12-7-19-13-21)15(23)20-10-5-17(6-11-20,16(18)24)22-8-3-2-4-9-22/h7,12-14H,2-6,8-11H2,1H3,(H2,18,24)/t14-/m0/s1. The average Bonchev–Trinajstić information content (AvgIpc) is 3.16. The van der Waals surface area contributed by atoms with Gasteiger partial charge in [-0.05, 0) is 45.7 Å². The minimum absolute atomic E-state index is 0.0738. The maximum atomic E-state index is 12.7. The topological polar surface area (TPSA) is 84.5 Å². The van der Waals surface area contributed by atoms with Crippen LogP contribution in [0.3, 0.4) is 0 Å². The van der Waals surface area contributed by atoms with Crippen LogP contribution in [0.25, 0.3) is 0 Å². The summed E-state index contributed by atoms with van der Waals surface area (Å²) in [5.74, 6) is -0.163. The van der Waals surface area contributed by atoms with Gasteiger partial charge in [-0.25, -0.2) is 4.98 Å². The highest BCUT2D eigenvalue weighted by Gasteiger charge is 2.46. The Balaban J connectivity index is 1.66. The molecular formula is C17H27N5O2. The molecule has 2 N–H and O–H groups in total. The van der Waals surface area contributed by atoms with Gasteiger partial charge in [0.15, 0.2) is 0 Å². The maximum absolute atomic E-state index is 12.7. The van der Waals surface area contributed by atoms with Crippen LogP contribution in [0.5, 0.6) is 0 Å². The van der Waals surface area contributed by atoms with Gasteiger partial charge in [-0.15, -0.1) is 0 Å². The molecule has 1 atom stereocenters. The van der Waals surface area contributed by atoms with E-state index in [1.165, 1.54) is 6.42 Å². The molecule has 132 valence electrons. The van der Waals surface area contributed by atoms with E-state index in [9.17, 15) is 9.59 Å². The Morgan fingerprint density at radius 2 is 1.79 bits per heavy atom. The number of nitrogens with zero attached hydrogens (tertiary/aromatic N) is 4. The normalized spacial score (nSPS) is 23.0. The molecule has 1 aromatic heterocycles. The number of carbonyl (C=O) groups is 2. The Morgan fingerprint density at radius 3 is 2.33 bits per heavy atom. The zero-order valence-corrected chi connectivity index (χ0v) is 14.4. The summed E-state index contributed by atoms with van der Waals surface area (Å²) in [6, 6.07) is -0.274. The van der Waals surface area contributed by atoms with Gasteiger partial charge in [0.2, 0.25) is 11.8 Å². The molecule has 1 aromatic rings. The van der Waals surface area contributed by atoms with Crippen LogP contribution in [-0.2, 0) is 9.59 Å². The van der Waals surface area contributed by atoms with Gasteiger partial charge in [0.05, 0.1) is 6.33 Å². The van der Waals surface area contributed by atoms with Crippen molar-refractivity contribution in [2.24, 2.45) is 5.73 Å². The second-order valence-electron chi connectivity index (χ2n) is 6.95. The lowest BCUT2D eigenvalue weighted by Crippen LogP contribution is -2.64. The number of aromatic nitrogens is 2.